The second kappa shape index (κ2) is 8.95. The number of fused-ring (bicyclic) bond motifs is 2. The van der Waals surface area contributed by atoms with Gasteiger partial charge in [-0.25, -0.2) is 13.4 Å². The van der Waals surface area contributed by atoms with Crippen LogP contribution in [-0.2, 0) is 10.0 Å². The van der Waals surface area contributed by atoms with Crippen LogP contribution < -0.4 is 14.8 Å². The molecule has 0 aliphatic rings. The van der Waals surface area contributed by atoms with Crippen LogP contribution in [0.1, 0.15) is 10.4 Å². The van der Waals surface area contributed by atoms with E-state index in [1.165, 1.54) is 29.8 Å². The Morgan fingerprint density at radius 1 is 1.09 bits per heavy atom. The van der Waals surface area contributed by atoms with Crippen LogP contribution in [-0.4, -0.2) is 31.4 Å². The Morgan fingerprint density at radius 3 is 2.74 bits per heavy atom. The number of amides is 1. The van der Waals surface area contributed by atoms with Crippen molar-refractivity contribution in [2.75, 3.05) is 17.1 Å². The van der Waals surface area contributed by atoms with Crippen molar-refractivity contribution < 1.29 is 17.9 Å². The van der Waals surface area contributed by atoms with Crippen LogP contribution >= 0.6 is 38.6 Å². The first kappa shape index (κ1) is 22.7. The number of carbonyl (C=O) groups excluding carboxylic acids is 1. The lowest BCUT2D eigenvalue weighted by atomic mass is 10.2. The Hall–Kier alpha value is -3.06. The number of nitrogens with zero attached hydrogens (tertiary/aromatic N) is 2. The van der Waals surface area contributed by atoms with Gasteiger partial charge in [0, 0.05) is 32.5 Å². The number of aromatic nitrogens is 2. The molecule has 0 saturated heterocycles. The Bertz CT molecular complexity index is 1630. The third kappa shape index (κ3) is 4.49. The monoisotopic (exact) mass is 574 g/mol. The van der Waals surface area contributed by atoms with Crippen LogP contribution in [0.3, 0.4) is 0 Å². The van der Waals surface area contributed by atoms with Gasteiger partial charge < -0.3 is 10.1 Å². The van der Waals surface area contributed by atoms with E-state index in [4.69, 9.17) is 4.74 Å². The normalized spacial score (nSPS) is 11.6. The number of methoxy groups -OCH3 is 1. The van der Waals surface area contributed by atoms with Crippen LogP contribution in [0.15, 0.2) is 69.6 Å². The minimum absolute atomic E-state index is 0.183. The Kier molecular flexibility index (Phi) is 5.98. The number of thiophene rings is 1. The predicted octanol–water partition coefficient (Wildman–Crippen LogP) is 5.73. The molecule has 0 aliphatic carbocycles. The van der Waals surface area contributed by atoms with Crippen molar-refractivity contribution in [1.82, 2.24) is 9.97 Å². The van der Waals surface area contributed by atoms with E-state index in [-0.39, 0.29) is 15.2 Å². The highest BCUT2D eigenvalue weighted by Crippen LogP contribution is 2.36. The third-order valence-electron chi connectivity index (χ3n) is 4.84. The summed E-state index contributed by atoms with van der Waals surface area (Å²) in [4.78, 5) is 21.1. The van der Waals surface area contributed by atoms with Gasteiger partial charge in [0.05, 0.1) is 23.0 Å². The average Bonchev–Trinajstić information content (AvgIpc) is 3.42. The number of halogens is 1. The predicted molar refractivity (Wildman–Crippen MR) is 139 cm³/mol. The first-order chi connectivity index (χ1) is 16.3. The minimum atomic E-state index is -3.81. The van der Waals surface area contributed by atoms with E-state index in [1.807, 2.05) is 0 Å². The molecule has 8 nitrogen and oxygen atoms in total. The number of sulfonamides is 1. The second-order valence-electron chi connectivity index (χ2n) is 7.09. The zero-order valence-corrected chi connectivity index (χ0v) is 21.4. The fraction of sp³-hybridized carbons (Fsp3) is 0.0455. The summed E-state index contributed by atoms with van der Waals surface area (Å²) < 4.78 is 36.0. The topological polar surface area (TPSA) is 110 Å². The molecular weight excluding hydrogens is 560 g/mol. The summed E-state index contributed by atoms with van der Waals surface area (Å²) >= 11 is 5.84. The maximum absolute atomic E-state index is 12.9. The molecule has 5 rings (SSSR count). The summed E-state index contributed by atoms with van der Waals surface area (Å²) in [5, 5.41) is 3.84. The molecule has 34 heavy (non-hydrogen) atoms. The lowest BCUT2D eigenvalue weighted by Crippen LogP contribution is -2.12. The molecule has 5 aromatic rings. The van der Waals surface area contributed by atoms with Crippen LogP contribution in [0, 0.1) is 0 Å². The molecule has 12 heteroatoms. The number of carbonyl (C=O) groups is 1. The summed E-state index contributed by atoms with van der Waals surface area (Å²) in [5.41, 5.74) is 1.50. The molecule has 0 atom stereocenters. The van der Waals surface area contributed by atoms with Crippen molar-refractivity contribution >= 4 is 85.7 Å². The van der Waals surface area contributed by atoms with Gasteiger partial charge in [-0.15, -0.1) is 11.3 Å². The molecule has 3 aromatic heterocycles. The summed E-state index contributed by atoms with van der Waals surface area (Å²) in [6, 6.07) is 13.7. The number of thiazole rings is 1. The fourth-order valence-corrected chi connectivity index (χ4v) is 7.29. The molecule has 0 bridgehead atoms. The summed E-state index contributed by atoms with van der Waals surface area (Å²) in [6.45, 7) is 0. The maximum atomic E-state index is 12.9. The summed E-state index contributed by atoms with van der Waals surface area (Å²) in [6.07, 6.45) is 3.25. The first-order valence-electron chi connectivity index (χ1n) is 9.74. The van der Waals surface area contributed by atoms with E-state index in [0.717, 1.165) is 14.8 Å². The molecule has 1 amide bonds. The van der Waals surface area contributed by atoms with Gasteiger partial charge in [0.1, 0.15) is 9.96 Å². The molecular formula is C22H15BrN4O4S3. The van der Waals surface area contributed by atoms with E-state index < -0.39 is 10.0 Å². The molecule has 0 aliphatic heterocycles. The fourth-order valence-electron chi connectivity index (χ4n) is 3.21. The molecule has 0 fully saturated rings. The number of hydrogen-bond donors (Lipinski definition) is 2. The highest BCUT2D eigenvalue weighted by Gasteiger charge is 2.20. The van der Waals surface area contributed by atoms with E-state index in [2.05, 4.69) is 35.9 Å². The number of hydrogen-bond acceptors (Lipinski definition) is 8. The highest BCUT2D eigenvalue weighted by molar-refractivity contribution is 9.10. The van der Waals surface area contributed by atoms with Crippen LogP contribution in [0.2, 0.25) is 0 Å². The molecule has 0 unspecified atom stereocenters. The van der Waals surface area contributed by atoms with E-state index in [0.29, 0.717) is 27.0 Å². The molecule has 3 heterocycles. The van der Waals surface area contributed by atoms with E-state index in [1.54, 1.807) is 60.9 Å². The molecule has 0 radical (unpaired) electrons. The molecule has 0 saturated carbocycles. The molecule has 2 aromatic carbocycles. The quantitative estimate of drug-likeness (QED) is 0.268. The van der Waals surface area contributed by atoms with Crippen molar-refractivity contribution in [3.8, 4) is 5.75 Å². The number of pyridine rings is 1. The summed E-state index contributed by atoms with van der Waals surface area (Å²) in [7, 11) is -2.27. The zero-order chi connectivity index (χ0) is 23.9. The van der Waals surface area contributed by atoms with E-state index >= 15 is 0 Å². The zero-order valence-electron chi connectivity index (χ0n) is 17.4. The van der Waals surface area contributed by atoms with Crippen molar-refractivity contribution in [2.45, 2.75) is 4.21 Å². The number of anilines is 2. The Morgan fingerprint density at radius 2 is 1.94 bits per heavy atom. The Balaban J connectivity index is 1.41. The Labute approximate surface area is 210 Å². The van der Waals surface area contributed by atoms with Gasteiger partial charge in [-0.05, 0) is 58.4 Å². The maximum Gasteiger partial charge on any atom is 0.273 e. The van der Waals surface area contributed by atoms with Gasteiger partial charge in [-0.1, -0.05) is 17.4 Å². The molecule has 0 spiro atoms. The lowest BCUT2D eigenvalue weighted by Gasteiger charge is -2.08. The van der Waals surface area contributed by atoms with Gasteiger partial charge in [-0.2, -0.15) is 0 Å². The van der Waals surface area contributed by atoms with Crippen molar-refractivity contribution in [2.24, 2.45) is 0 Å². The SMILES string of the molecule is COc1cccc(C(=O)Nc2cc3nc(NS(=O)(=O)c4cc5cnccc5s4)sc3cc2Br)c1. The van der Waals surface area contributed by atoms with Crippen LogP contribution in [0.5, 0.6) is 5.75 Å². The first-order valence-corrected chi connectivity index (χ1v) is 13.7. The van der Waals surface area contributed by atoms with Crippen molar-refractivity contribution in [3.05, 3.63) is 71.0 Å². The standard InChI is InChI=1S/C22H15BrN4O4S3/c1-31-14-4-2-3-12(7-14)21(28)25-16-10-17-19(9-15(16)23)33-22(26-17)27-34(29,30)20-8-13-11-24-6-5-18(13)32-20/h2-11H,1H3,(H,25,28)(H,26,27). The van der Waals surface area contributed by atoms with Crippen LogP contribution in [0.4, 0.5) is 10.8 Å². The largest absolute Gasteiger partial charge is 0.497 e. The number of benzene rings is 2. The van der Waals surface area contributed by atoms with E-state index in [9.17, 15) is 13.2 Å². The molecule has 2 N–H and O–H groups in total. The molecule has 172 valence electrons. The van der Waals surface area contributed by atoms with Gasteiger partial charge in [0.15, 0.2) is 5.13 Å². The highest BCUT2D eigenvalue weighted by atomic mass is 79.9. The number of nitrogens with one attached hydrogen (secondary N) is 2. The van der Waals surface area contributed by atoms with Crippen molar-refractivity contribution in [1.29, 1.82) is 0 Å². The lowest BCUT2D eigenvalue weighted by molar-refractivity contribution is 0.102. The minimum Gasteiger partial charge on any atom is -0.497 e. The summed E-state index contributed by atoms with van der Waals surface area (Å²) in [5.74, 6) is 0.267. The smallest absolute Gasteiger partial charge is 0.273 e. The number of ether oxygens (including phenoxy) is 1. The van der Waals surface area contributed by atoms with Crippen LogP contribution in [0.25, 0.3) is 20.3 Å². The third-order valence-corrected chi connectivity index (χ3v) is 9.49. The average molecular weight is 575 g/mol. The van der Waals surface area contributed by atoms with Gasteiger partial charge in [0.25, 0.3) is 15.9 Å². The van der Waals surface area contributed by atoms with Gasteiger partial charge in [-0.3, -0.25) is 14.5 Å². The van der Waals surface area contributed by atoms with Gasteiger partial charge in [0.2, 0.25) is 0 Å². The van der Waals surface area contributed by atoms with Gasteiger partial charge >= 0.3 is 0 Å². The van der Waals surface area contributed by atoms with Crippen molar-refractivity contribution in [3.63, 3.8) is 0 Å². The second-order valence-corrected chi connectivity index (χ2v) is 12.0. The number of rotatable bonds is 6.